The molecule has 134 valence electrons. The number of anilines is 2. The van der Waals surface area contributed by atoms with Gasteiger partial charge in [-0.15, -0.1) is 0 Å². The number of benzene rings is 1. The highest BCUT2D eigenvalue weighted by Gasteiger charge is 2.38. The summed E-state index contributed by atoms with van der Waals surface area (Å²) >= 11 is 0. The molecule has 3 aliphatic rings. The Morgan fingerprint density at radius 3 is 2.68 bits per heavy atom. The first-order valence-corrected chi connectivity index (χ1v) is 8.57. The molecule has 0 aliphatic carbocycles. The molecule has 1 fully saturated rings. The molecular formula is C18H22FN3O3. The lowest BCUT2D eigenvalue weighted by Crippen LogP contribution is -2.46. The molecule has 0 saturated carbocycles. The van der Waals surface area contributed by atoms with Crippen LogP contribution in [-0.2, 0) is 4.79 Å². The van der Waals surface area contributed by atoms with Crippen LogP contribution in [0.4, 0.5) is 15.8 Å². The quantitative estimate of drug-likeness (QED) is 0.814. The van der Waals surface area contributed by atoms with Gasteiger partial charge in [-0.2, -0.15) is 0 Å². The summed E-state index contributed by atoms with van der Waals surface area (Å²) in [5, 5.41) is 10.5. The van der Waals surface area contributed by atoms with E-state index < -0.39 is 11.9 Å². The summed E-state index contributed by atoms with van der Waals surface area (Å²) in [5.41, 5.74) is 1.76. The van der Waals surface area contributed by atoms with Crippen LogP contribution in [0.5, 0.6) is 5.75 Å². The maximum Gasteiger partial charge on any atom is 0.169 e. The van der Waals surface area contributed by atoms with E-state index in [0.29, 0.717) is 35.6 Å². The SMILES string of the molecule is C[C@H]1COc2c(N3CCN(C)CC3)c(F)cc3c2N1C=C(C=O)C3O. The topological polar surface area (TPSA) is 56.2 Å². The van der Waals surface area contributed by atoms with Crippen molar-refractivity contribution in [2.75, 3.05) is 49.6 Å². The fourth-order valence-electron chi connectivity index (χ4n) is 3.76. The second kappa shape index (κ2) is 6.00. The average Bonchev–Trinajstić information content (AvgIpc) is 2.60. The first kappa shape index (κ1) is 16.4. The number of hydrogen-bond acceptors (Lipinski definition) is 6. The largest absolute Gasteiger partial charge is 0.487 e. The maximum absolute atomic E-state index is 15.0. The van der Waals surface area contributed by atoms with Gasteiger partial charge >= 0.3 is 0 Å². The standard InChI is InChI=1S/C18H22FN3O3/c1-11-10-25-18-15-13(17(24)12(9-23)8-22(11)15)7-14(19)16(18)21-5-3-20(2)4-6-21/h7-9,11,17,24H,3-6,10H2,1-2H3/t11-,17?/m0/s1. The zero-order chi connectivity index (χ0) is 17.7. The summed E-state index contributed by atoms with van der Waals surface area (Å²) in [7, 11) is 2.05. The van der Waals surface area contributed by atoms with Gasteiger partial charge in [0.15, 0.2) is 11.6 Å². The van der Waals surface area contributed by atoms with Crippen LogP contribution in [0.2, 0.25) is 0 Å². The Labute approximate surface area is 146 Å². The van der Waals surface area contributed by atoms with E-state index in [2.05, 4.69) is 4.90 Å². The van der Waals surface area contributed by atoms with Crippen LogP contribution < -0.4 is 14.5 Å². The summed E-state index contributed by atoms with van der Waals surface area (Å²) in [4.78, 5) is 17.4. The summed E-state index contributed by atoms with van der Waals surface area (Å²) in [6.45, 7) is 5.52. The first-order chi connectivity index (χ1) is 12.0. The minimum absolute atomic E-state index is 0.000463. The Hall–Kier alpha value is -2.12. The van der Waals surface area contributed by atoms with E-state index in [9.17, 15) is 14.3 Å². The molecule has 3 heterocycles. The fraction of sp³-hybridized carbons (Fsp3) is 0.500. The van der Waals surface area contributed by atoms with Crippen LogP contribution in [0, 0.1) is 5.82 Å². The van der Waals surface area contributed by atoms with Crippen LogP contribution >= 0.6 is 0 Å². The number of likely N-dealkylation sites (N-methyl/N-ethyl adjacent to an activating group) is 1. The van der Waals surface area contributed by atoms with Crippen molar-refractivity contribution in [3.05, 3.63) is 29.2 Å². The highest BCUT2D eigenvalue weighted by Crippen LogP contribution is 2.50. The minimum atomic E-state index is -1.13. The van der Waals surface area contributed by atoms with Crippen LogP contribution in [0.1, 0.15) is 18.6 Å². The lowest BCUT2D eigenvalue weighted by atomic mass is 9.93. The van der Waals surface area contributed by atoms with Gasteiger partial charge in [0.05, 0.1) is 11.7 Å². The van der Waals surface area contributed by atoms with E-state index in [4.69, 9.17) is 4.74 Å². The summed E-state index contributed by atoms with van der Waals surface area (Å²) in [6.07, 6.45) is 1.15. The smallest absolute Gasteiger partial charge is 0.169 e. The number of carbonyl (C=O) groups is 1. The number of piperazine rings is 1. The molecule has 2 atom stereocenters. The van der Waals surface area contributed by atoms with Crippen molar-refractivity contribution in [3.63, 3.8) is 0 Å². The molecule has 25 heavy (non-hydrogen) atoms. The molecule has 0 amide bonds. The molecule has 0 radical (unpaired) electrons. The van der Waals surface area contributed by atoms with Gasteiger partial charge in [-0.1, -0.05) is 0 Å². The van der Waals surface area contributed by atoms with Gasteiger partial charge in [-0.05, 0) is 20.0 Å². The molecule has 0 bridgehead atoms. The molecule has 1 N–H and O–H groups in total. The van der Waals surface area contributed by atoms with Gasteiger partial charge < -0.3 is 24.5 Å². The lowest BCUT2D eigenvalue weighted by molar-refractivity contribution is -0.105. The van der Waals surface area contributed by atoms with Crippen molar-refractivity contribution < 1.29 is 19.0 Å². The van der Waals surface area contributed by atoms with Crippen LogP contribution in [-0.4, -0.2) is 62.2 Å². The van der Waals surface area contributed by atoms with Crippen molar-refractivity contribution >= 4 is 17.7 Å². The van der Waals surface area contributed by atoms with E-state index in [1.165, 1.54) is 6.07 Å². The Balaban J connectivity index is 1.86. The molecule has 7 heteroatoms. The molecule has 0 spiro atoms. The van der Waals surface area contributed by atoms with E-state index in [0.717, 1.165) is 26.2 Å². The number of ether oxygens (including phenoxy) is 1. The van der Waals surface area contributed by atoms with Gasteiger partial charge in [-0.25, -0.2) is 4.39 Å². The zero-order valence-electron chi connectivity index (χ0n) is 14.4. The molecule has 1 unspecified atom stereocenters. The molecule has 1 aromatic carbocycles. The van der Waals surface area contributed by atoms with Crippen molar-refractivity contribution in [3.8, 4) is 5.75 Å². The molecule has 3 aliphatic heterocycles. The Morgan fingerprint density at radius 1 is 1.28 bits per heavy atom. The fourth-order valence-corrected chi connectivity index (χ4v) is 3.76. The third kappa shape index (κ3) is 2.49. The van der Waals surface area contributed by atoms with Crippen molar-refractivity contribution in [2.45, 2.75) is 19.1 Å². The number of hydrogen-bond donors (Lipinski definition) is 1. The molecule has 4 rings (SSSR count). The maximum atomic E-state index is 15.0. The molecule has 1 saturated heterocycles. The van der Waals surface area contributed by atoms with Gasteiger partial charge in [0.25, 0.3) is 0 Å². The van der Waals surface area contributed by atoms with Crippen molar-refractivity contribution in [2.24, 2.45) is 0 Å². The van der Waals surface area contributed by atoms with Crippen molar-refractivity contribution in [1.29, 1.82) is 0 Å². The number of aldehydes is 1. The number of carbonyl (C=O) groups excluding carboxylic acids is 1. The third-order valence-electron chi connectivity index (χ3n) is 5.27. The van der Waals surface area contributed by atoms with Gasteiger partial charge in [0.1, 0.15) is 24.7 Å². The third-order valence-corrected chi connectivity index (χ3v) is 5.27. The molecule has 1 aromatic rings. The number of aliphatic hydroxyl groups is 1. The average molecular weight is 347 g/mol. The second-order valence-corrected chi connectivity index (χ2v) is 6.98. The van der Waals surface area contributed by atoms with Gasteiger partial charge in [-0.3, -0.25) is 4.79 Å². The number of halogens is 1. The Kier molecular flexibility index (Phi) is 3.92. The van der Waals surface area contributed by atoms with E-state index >= 15 is 0 Å². The van der Waals surface area contributed by atoms with Crippen LogP contribution in [0.3, 0.4) is 0 Å². The number of aliphatic hydroxyl groups excluding tert-OH is 1. The number of nitrogens with zero attached hydrogens (tertiary/aromatic N) is 3. The summed E-state index contributed by atoms with van der Waals surface area (Å²) < 4.78 is 20.9. The van der Waals surface area contributed by atoms with E-state index in [1.807, 2.05) is 23.8 Å². The molecule has 6 nitrogen and oxygen atoms in total. The highest BCUT2D eigenvalue weighted by molar-refractivity contribution is 5.86. The predicted octanol–water partition coefficient (Wildman–Crippen LogP) is 1.29. The highest BCUT2D eigenvalue weighted by atomic mass is 19.1. The van der Waals surface area contributed by atoms with Gasteiger partial charge in [0.2, 0.25) is 0 Å². The molecular weight excluding hydrogens is 325 g/mol. The van der Waals surface area contributed by atoms with Crippen LogP contribution in [0.15, 0.2) is 17.8 Å². The van der Waals surface area contributed by atoms with E-state index in [1.54, 1.807) is 6.20 Å². The van der Waals surface area contributed by atoms with Gasteiger partial charge in [0, 0.05) is 43.5 Å². The van der Waals surface area contributed by atoms with E-state index in [-0.39, 0.29) is 11.6 Å². The first-order valence-electron chi connectivity index (χ1n) is 8.57. The number of rotatable bonds is 2. The normalized spacial score (nSPS) is 26.0. The van der Waals surface area contributed by atoms with Crippen LogP contribution in [0.25, 0.3) is 0 Å². The Morgan fingerprint density at radius 2 is 2.00 bits per heavy atom. The predicted molar refractivity (Wildman–Crippen MR) is 92.7 cm³/mol. The Bertz CT molecular complexity index is 744. The molecule has 0 aromatic heterocycles. The monoisotopic (exact) mass is 347 g/mol. The second-order valence-electron chi connectivity index (χ2n) is 6.98. The minimum Gasteiger partial charge on any atom is -0.487 e. The summed E-state index contributed by atoms with van der Waals surface area (Å²) in [5.74, 6) is 0.0527. The zero-order valence-corrected chi connectivity index (χ0v) is 14.4. The summed E-state index contributed by atoms with van der Waals surface area (Å²) in [6, 6.07) is 1.35. The lowest BCUT2D eigenvalue weighted by Gasteiger charge is -2.43. The van der Waals surface area contributed by atoms with Crippen molar-refractivity contribution in [1.82, 2.24) is 4.90 Å².